The molecule has 5 nitrogen and oxygen atoms in total. The van der Waals surface area contributed by atoms with Crippen molar-refractivity contribution < 1.29 is 0 Å². The van der Waals surface area contributed by atoms with Crippen molar-refractivity contribution in [3.05, 3.63) is 47.0 Å². The van der Waals surface area contributed by atoms with Gasteiger partial charge in [0.15, 0.2) is 5.13 Å². The second-order valence-corrected chi connectivity index (χ2v) is 8.03. The summed E-state index contributed by atoms with van der Waals surface area (Å²) in [5, 5.41) is 9.48. The highest BCUT2D eigenvalue weighted by Gasteiger charge is 2.21. The standard InChI is InChI=1S/C21H19N5S/c22-10-14-15(23)6-8-17-19(14)12-3-1-2-4-13(12)20(25-17)11-5-7-16-18(9-11)27-21(24)26-16/h5-10,22H,1-4,23H2,(H2,24,26). The molecule has 2 heterocycles. The topological polar surface area (TPSA) is 102 Å². The van der Waals surface area contributed by atoms with Crippen LogP contribution in [0.25, 0.3) is 32.4 Å². The number of aryl methyl sites for hydroxylation is 1. The lowest BCUT2D eigenvalue weighted by Crippen LogP contribution is -2.09. The largest absolute Gasteiger partial charge is 0.398 e. The summed E-state index contributed by atoms with van der Waals surface area (Å²) in [6, 6.07) is 10.1. The Hall–Kier alpha value is -2.99. The number of pyridine rings is 1. The lowest BCUT2D eigenvalue weighted by Gasteiger charge is -2.22. The molecule has 0 radical (unpaired) electrons. The molecule has 0 amide bonds. The Morgan fingerprint density at radius 3 is 2.56 bits per heavy atom. The zero-order valence-corrected chi connectivity index (χ0v) is 15.6. The van der Waals surface area contributed by atoms with Crippen molar-refractivity contribution in [2.45, 2.75) is 25.7 Å². The zero-order valence-electron chi connectivity index (χ0n) is 14.7. The molecule has 5 rings (SSSR count). The van der Waals surface area contributed by atoms with E-state index in [1.807, 2.05) is 18.2 Å². The molecule has 1 aliphatic rings. The van der Waals surface area contributed by atoms with Gasteiger partial charge in [0, 0.05) is 28.4 Å². The van der Waals surface area contributed by atoms with Crippen LogP contribution in [0.1, 0.15) is 29.5 Å². The van der Waals surface area contributed by atoms with E-state index in [-0.39, 0.29) is 0 Å². The van der Waals surface area contributed by atoms with Crippen molar-refractivity contribution in [3.63, 3.8) is 0 Å². The maximum absolute atomic E-state index is 7.84. The van der Waals surface area contributed by atoms with Crippen molar-refractivity contribution in [1.82, 2.24) is 9.97 Å². The molecule has 4 aromatic rings. The van der Waals surface area contributed by atoms with E-state index in [1.54, 1.807) is 0 Å². The highest BCUT2D eigenvalue weighted by atomic mass is 32.1. The highest BCUT2D eigenvalue weighted by molar-refractivity contribution is 7.22. The molecule has 0 saturated heterocycles. The third kappa shape index (κ3) is 2.48. The van der Waals surface area contributed by atoms with Crippen LogP contribution in [-0.4, -0.2) is 16.2 Å². The Kier molecular flexibility index (Phi) is 3.62. The first kappa shape index (κ1) is 16.2. The summed E-state index contributed by atoms with van der Waals surface area (Å²) >= 11 is 1.50. The van der Waals surface area contributed by atoms with Gasteiger partial charge in [-0.05, 0) is 61.1 Å². The highest BCUT2D eigenvalue weighted by Crippen LogP contribution is 2.38. The molecular formula is C21H19N5S. The van der Waals surface area contributed by atoms with Crippen LogP contribution in [0.3, 0.4) is 0 Å². The Balaban J connectivity index is 1.84. The summed E-state index contributed by atoms with van der Waals surface area (Å²) in [5.74, 6) is 0. The van der Waals surface area contributed by atoms with Gasteiger partial charge in [0.05, 0.1) is 21.4 Å². The van der Waals surface area contributed by atoms with Gasteiger partial charge in [-0.3, -0.25) is 0 Å². The Labute approximate surface area is 160 Å². The number of nitrogen functional groups attached to an aromatic ring is 2. The van der Waals surface area contributed by atoms with Gasteiger partial charge in [0.2, 0.25) is 0 Å². The number of nitrogens with one attached hydrogen (secondary N) is 1. The molecule has 0 atom stereocenters. The van der Waals surface area contributed by atoms with Crippen LogP contribution < -0.4 is 11.5 Å². The van der Waals surface area contributed by atoms with Gasteiger partial charge in [0.25, 0.3) is 0 Å². The molecule has 0 spiro atoms. The number of hydrogen-bond acceptors (Lipinski definition) is 6. The first-order valence-corrected chi connectivity index (χ1v) is 9.88. The maximum atomic E-state index is 7.84. The first-order valence-electron chi connectivity index (χ1n) is 9.06. The molecule has 5 N–H and O–H groups in total. The van der Waals surface area contributed by atoms with Crippen LogP contribution in [0, 0.1) is 5.41 Å². The summed E-state index contributed by atoms with van der Waals surface area (Å²) in [6.07, 6.45) is 5.68. The number of aromatic nitrogens is 2. The molecule has 134 valence electrons. The summed E-state index contributed by atoms with van der Waals surface area (Å²) in [4.78, 5) is 9.37. The predicted molar refractivity (Wildman–Crippen MR) is 114 cm³/mol. The minimum atomic E-state index is 0.585. The minimum absolute atomic E-state index is 0.585. The van der Waals surface area contributed by atoms with Crippen molar-refractivity contribution in [2.24, 2.45) is 0 Å². The van der Waals surface area contributed by atoms with Gasteiger partial charge in [-0.2, -0.15) is 0 Å². The number of nitrogens with zero attached hydrogens (tertiary/aromatic N) is 2. The molecule has 1 aliphatic carbocycles. The van der Waals surface area contributed by atoms with Crippen LogP contribution in [0.4, 0.5) is 10.8 Å². The number of fused-ring (bicyclic) bond motifs is 4. The van der Waals surface area contributed by atoms with E-state index < -0.39 is 0 Å². The molecule has 2 aromatic heterocycles. The summed E-state index contributed by atoms with van der Waals surface area (Å²) in [6.45, 7) is 0. The minimum Gasteiger partial charge on any atom is -0.398 e. The van der Waals surface area contributed by atoms with Crippen molar-refractivity contribution in [3.8, 4) is 11.3 Å². The average molecular weight is 373 g/mol. The normalized spacial score (nSPS) is 13.8. The predicted octanol–water partition coefficient (Wildman–Crippen LogP) is 4.55. The fourth-order valence-corrected chi connectivity index (χ4v) is 4.92. The van der Waals surface area contributed by atoms with E-state index in [4.69, 9.17) is 21.9 Å². The van der Waals surface area contributed by atoms with Gasteiger partial charge in [-0.1, -0.05) is 17.4 Å². The molecule has 0 bridgehead atoms. The lowest BCUT2D eigenvalue weighted by molar-refractivity contribution is 0.689. The van der Waals surface area contributed by atoms with Crippen LogP contribution in [0.5, 0.6) is 0 Å². The molecular weight excluding hydrogens is 354 g/mol. The van der Waals surface area contributed by atoms with Crippen molar-refractivity contribution in [2.75, 3.05) is 11.5 Å². The third-order valence-electron chi connectivity index (χ3n) is 5.37. The van der Waals surface area contributed by atoms with E-state index >= 15 is 0 Å². The Morgan fingerprint density at radius 1 is 0.963 bits per heavy atom. The number of benzene rings is 2. The monoisotopic (exact) mass is 373 g/mol. The fourth-order valence-electron chi connectivity index (χ4n) is 4.15. The average Bonchev–Trinajstić information content (AvgIpc) is 3.06. The van der Waals surface area contributed by atoms with Crippen LogP contribution in [-0.2, 0) is 12.8 Å². The molecule has 0 saturated carbocycles. The molecule has 6 heteroatoms. The second kappa shape index (κ2) is 6.03. The smallest absolute Gasteiger partial charge is 0.181 e. The molecule has 27 heavy (non-hydrogen) atoms. The number of anilines is 2. The van der Waals surface area contributed by atoms with E-state index in [0.29, 0.717) is 10.8 Å². The number of nitrogens with two attached hydrogens (primary N) is 2. The van der Waals surface area contributed by atoms with Crippen LogP contribution >= 0.6 is 11.3 Å². The van der Waals surface area contributed by atoms with Gasteiger partial charge in [0.1, 0.15) is 0 Å². The summed E-state index contributed by atoms with van der Waals surface area (Å²) in [5.41, 5.74) is 20.0. The van der Waals surface area contributed by atoms with E-state index in [0.717, 1.165) is 63.6 Å². The lowest BCUT2D eigenvalue weighted by atomic mass is 9.85. The van der Waals surface area contributed by atoms with E-state index in [1.165, 1.54) is 28.7 Å². The van der Waals surface area contributed by atoms with Crippen LogP contribution in [0.15, 0.2) is 30.3 Å². The quantitative estimate of drug-likeness (QED) is 0.354. The molecule has 0 aliphatic heterocycles. The molecule has 0 unspecified atom stereocenters. The molecule has 2 aromatic carbocycles. The first-order chi connectivity index (χ1) is 13.2. The van der Waals surface area contributed by atoms with Crippen molar-refractivity contribution in [1.29, 1.82) is 5.41 Å². The zero-order chi connectivity index (χ0) is 18.5. The SMILES string of the molecule is N=Cc1c(N)ccc2nc(-c3ccc4nc(N)sc4c3)c3c(c12)CCCC3. The Bertz CT molecular complexity index is 1220. The van der Waals surface area contributed by atoms with Crippen molar-refractivity contribution >= 4 is 49.5 Å². The number of rotatable bonds is 2. The summed E-state index contributed by atoms with van der Waals surface area (Å²) in [7, 11) is 0. The summed E-state index contributed by atoms with van der Waals surface area (Å²) < 4.78 is 1.08. The fraction of sp³-hybridized carbons (Fsp3) is 0.190. The second-order valence-electron chi connectivity index (χ2n) is 6.97. The Morgan fingerprint density at radius 2 is 1.74 bits per heavy atom. The molecule has 0 fully saturated rings. The van der Waals surface area contributed by atoms with E-state index in [2.05, 4.69) is 17.1 Å². The van der Waals surface area contributed by atoms with Gasteiger partial charge >= 0.3 is 0 Å². The van der Waals surface area contributed by atoms with Crippen LogP contribution in [0.2, 0.25) is 0 Å². The van der Waals surface area contributed by atoms with Gasteiger partial charge in [-0.25, -0.2) is 9.97 Å². The van der Waals surface area contributed by atoms with Gasteiger partial charge < -0.3 is 16.9 Å². The number of hydrogen-bond donors (Lipinski definition) is 3. The third-order valence-corrected chi connectivity index (χ3v) is 6.22. The maximum Gasteiger partial charge on any atom is 0.181 e. The van der Waals surface area contributed by atoms with Gasteiger partial charge in [-0.15, -0.1) is 0 Å². The number of thiazole rings is 1. The van der Waals surface area contributed by atoms with E-state index in [9.17, 15) is 0 Å².